The molecule has 1 saturated heterocycles. The van der Waals surface area contributed by atoms with Gasteiger partial charge in [0.25, 0.3) is 0 Å². The van der Waals surface area contributed by atoms with Crippen molar-refractivity contribution >= 4 is 28.8 Å². The first-order valence-corrected chi connectivity index (χ1v) is 7.35. The summed E-state index contributed by atoms with van der Waals surface area (Å²) in [4.78, 5) is 15.0. The molecule has 106 valence electrons. The summed E-state index contributed by atoms with van der Waals surface area (Å²) >= 11 is 1.47. The third-order valence-electron chi connectivity index (χ3n) is 3.16. The molecule has 1 aliphatic rings. The van der Waals surface area contributed by atoms with E-state index in [9.17, 15) is 4.79 Å². The number of hydrogen-bond donors (Lipinski definition) is 1. The summed E-state index contributed by atoms with van der Waals surface area (Å²) in [6.07, 6.45) is -0.302. The molecule has 21 heavy (non-hydrogen) atoms. The molecule has 1 aliphatic heterocycles. The minimum Gasteiger partial charge on any atom is -0.447 e. The summed E-state index contributed by atoms with van der Waals surface area (Å²) in [5.74, 6) is 0. The van der Waals surface area contributed by atoms with Crippen LogP contribution in [0.25, 0.3) is 0 Å². The highest BCUT2D eigenvalue weighted by molar-refractivity contribution is 7.12. The third-order valence-corrected chi connectivity index (χ3v) is 4.15. The molecule has 1 aromatic carbocycles. The number of amides is 1. The molecule has 0 spiro atoms. The van der Waals surface area contributed by atoms with Gasteiger partial charge >= 0.3 is 6.09 Å². The average molecular weight is 299 g/mol. The molecule has 6 heteroatoms. The van der Waals surface area contributed by atoms with Crippen LogP contribution in [0.1, 0.15) is 9.75 Å². The predicted octanol–water partition coefficient (Wildman–Crippen LogP) is 3.19. The van der Waals surface area contributed by atoms with E-state index in [0.29, 0.717) is 24.6 Å². The molecule has 0 unspecified atom stereocenters. The van der Waals surface area contributed by atoms with Gasteiger partial charge in [-0.3, -0.25) is 4.90 Å². The second kappa shape index (κ2) is 5.85. The van der Waals surface area contributed by atoms with Crippen molar-refractivity contribution in [2.75, 3.05) is 23.4 Å². The summed E-state index contributed by atoms with van der Waals surface area (Å²) in [5.41, 5.74) is 1.76. The van der Waals surface area contributed by atoms with Gasteiger partial charge < -0.3 is 10.1 Å². The second-order valence-electron chi connectivity index (χ2n) is 4.55. The molecule has 2 aromatic rings. The number of hydrogen-bond acceptors (Lipinski definition) is 5. The number of ether oxygens (including phenoxy) is 1. The molecular formula is C15H13N3O2S. The Hall–Kier alpha value is -2.52. The minimum absolute atomic E-state index is 0.302. The number of nitrogens with zero attached hydrogens (tertiary/aromatic N) is 2. The van der Waals surface area contributed by atoms with E-state index in [0.717, 1.165) is 16.3 Å². The van der Waals surface area contributed by atoms with Crippen molar-refractivity contribution in [2.45, 2.75) is 6.54 Å². The zero-order chi connectivity index (χ0) is 14.7. The topological polar surface area (TPSA) is 65.4 Å². The first-order valence-electron chi connectivity index (χ1n) is 6.53. The number of nitriles is 1. The van der Waals surface area contributed by atoms with E-state index in [4.69, 9.17) is 10.00 Å². The van der Waals surface area contributed by atoms with E-state index in [1.54, 1.807) is 4.90 Å². The van der Waals surface area contributed by atoms with Gasteiger partial charge in [-0.15, -0.1) is 11.3 Å². The van der Waals surface area contributed by atoms with Crippen molar-refractivity contribution in [1.82, 2.24) is 0 Å². The number of thiophene rings is 1. The van der Waals surface area contributed by atoms with Gasteiger partial charge in [-0.25, -0.2) is 4.79 Å². The van der Waals surface area contributed by atoms with Crippen LogP contribution >= 0.6 is 11.3 Å². The van der Waals surface area contributed by atoms with Crippen LogP contribution in [0.2, 0.25) is 0 Å². The fourth-order valence-electron chi connectivity index (χ4n) is 2.13. The van der Waals surface area contributed by atoms with Gasteiger partial charge in [0.05, 0.1) is 6.54 Å². The quantitative estimate of drug-likeness (QED) is 0.941. The Morgan fingerprint density at radius 3 is 3.00 bits per heavy atom. The Morgan fingerprint density at radius 1 is 1.38 bits per heavy atom. The van der Waals surface area contributed by atoms with Crippen LogP contribution in [0.4, 0.5) is 16.2 Å². The largest absolute Gasteiger partial charge is 0.447 e. The van der Waals surface area contributed by atoms with E-state index >= 15 is 0 Å². The number of anilines is 2. The van der Waals surface area contributed by atoms with Gasteiger partial charge in [0.1, 0.15) is 17.6 Å². The maximum absolute atomic E-state index is 11.6. The first kappa shape index (κ1) is 13.5. The van der Waals surface area contributed by atoms with Gasteiger partial charge in [-0.05, 0) is 30.3 Å². The lowest BCUT2D eigenvalue weighted by molar-refractivity contribution is 0.181. The van der Waals surface area contributed by atoms with Crippen molar-refractivity contribution < 1.29 is 9.53 Å². The number of rotatable bonds is 4. The van der Waals surface area contributed by atoms with E-state index in [1.807, 2.05) is 36.4 Å². The molecule has 1 amide bonds. The van der Waals surface area contributed by atoms with Crippen LogP contribution in [-0.2, 0) is 11.3 Å². The maximum atomic E-state index is 11.6. The zero-order valence-corrected chi connectivity index (χ0v) is 12.0. The third kappa shape index (κ3) is 2.98. The van der Waals surface area contributed by atoms with Gasteiger partial charge in [-0.1, -0.05) is 6.07 Å². The number of carbonyl (C=O) groups excluding carboxylic acids is 1. The van der Waals surface area contributed by atoms with Crippen LogP contribution in [0, 0.1) is 11.3 Å². The van der Waals surface area contributed by atoms with Crippen molar-refractivity contribution in [3.63, 3.8) is 0 Å². The van der Waals surface area contributed by atoms with E-state index < -0.39 is 0 Å². The summed E-state index contributed by atoms with van der Waals surface area (Å²) in [6, 6.07) is 13.5. The maximum Gasteiger partial charge on any atom is 0.414 e. The fourth-order valence-corrected chi connectivity index (χ4v) is 2.88. The highest BCUT2D eigenvalue weighted by Gasteiger charge is 2.23. The normalized spacial score (nSPS) is 13.9. The molecule has 0 aliphatic carbocycles. The number of cyclic esters (lactones) is 1. The number of benzene rings is 1. The Morgan fingerprint density at radius 2 is 2.29 bits per heavy atom. The standard InChI is InChI=1S/C15H13N3O2S/c16-9-13-4-5-14(21-13)10-17-11-2-1-3-12(8-11)18-6-7-20-15(18)19/h1-5,8,17H,6-7,10H2. The smallest absolute Gasteiger partial charge is 0.414 e. The summed E-state index contributed by atoms with van der Waals surface area (Å²) in [5, 5.41) is 12.1. The first-order chi connectivity index (χ1) is 10.3. The predicted molar refractivity (Wildman–Crippen MR) is 81.5 cm³/mol. The van der Waals surface area contributed by atoms with Crippen LogP contribution < -0.4 is 10.2 Å². The van der Waals surface area contributed by atoms with Crippen molar-refractivity contribution in [2.24, 2.45) is 0 Å². The Bertz CT molecular complexity index is 705. The zero-order valence-electron chi connectivity index (χ0n) is 11.2. The summed E-state index contributed by atoms with van der Waals surface area (Å²) in [6.45, 7) is 1.67. The molecule has 0 atom stereocenters. The van der Waals surface area contributed by atoms with Crippen molar-refractivity contribution in [3.05, 3.63) is 46.2 Å². The monoisotopic (exact) mass is 299 g/mol. The molecule has 1 aromatic heterocycles. The Kier molecular flexibility index (Phi) is 3.75. The second-order valence-corrected chi connectivity index (χ2v) is 5.72. The van der Waals surface area contributed by atoms with Crippen LogP contribution in [-0.4, -0.2) is 19.2 Å². The van der Waals surface area contributed by atoms with Crippen LogP contribution in [0.15, 0.2) is 36.4 Å². The molecular weight excluding hydrogens is 286 g/mol. The van der Waals surface area contributed by atoms with E-state index in [-0.39, 0.29) is 6.09 Å². The summed E-state index contributed by atoms with van der Waals surface area (Å²) < 4.78 is 4.94. The minimum atomic E-state index is -0.302. The van der Waals surface area contributed by atoms with Gasteiger partial charge in [0, 0.05) is 22.8 Å². The molecule has 0 bridgehead atoms. The SMILES string of the molecule is N#Cc1ccc(CNc2cccc(N3CCOC3=O)c2)s1. The van der Waals surface area contributed by atoms with Crippen LogP contribution in [0.3, 0.4) is 0 Å². The Labute approximate surface area is 126 Å². The van der Waals surface area contributed by atoms with E-state index in [2.05, 4.69) is 11.4 Å². The molecule has 1 fully saturated rings. The summed E-state index contributed by atoms with van der Waals surface area (Å²) in [7, 11) is 0. The molecule has 3 rings (SSSR count). The fraction of sp³-hybridized carbons (Fsp3) is 0.200. The molecule has 1 N–H and O–H groups in total. The van der Waals surface area contributed by atoms with Crippen molar-refractivity contribution in [3.8, 4) is 6.07 Å². The highest BCUT2D eigenvalue weighted by atomic mass is 32.1. The lowest BCUT2D eigenvalue weighted by atomic mass is 10.2. The Balaban J connectivity index is 1.68. The molecule has 5 nitrogen and oxygen atoms in total. The van der Waals surface area contributed by atoms with Crippen LogP contribution in [0.5, 0.6) is 0 Å². The molecule has 2 heterocycles. The van der Waals surface area contributed by atoms with Crippen molar-refractivity contribution in [1.29, 1.82) is 5.26 Å². The lowest BCUT2D eigenvalue weighted by Gasteiger charge is -2.14. The number of nitrogens with one attached hydrogen (secondary N) is 1. The highest BCUT2D eigenvalue weighted by Crippen LogP contribution is 2.23. The lowest BCUT2D eigenvalue weighted by Crippen LogP contribution is -2.23. The average Bonchev–Trinajstić information content (AvgIpc) is 3.14. The molecule has 0 radical (unpaired) electrons. The van der Waals surface area contributed by atoms with Gasteiger partial charge in [0.2, 0.25) is 0 Å². The van der Waals surface area contributed by atoms with Gasteiger partial charge in [0.15, 0.2) is 0 Å². The number of carbonyl (C=O) groups is 1. The van der Waals surface area contributed by atoms with E-state index in [1.165, 1.54) is 11.3 Å². The van der Waals surface area contributed by atoms with Gasteiger partial charge in [-0.2, -0.15) is 5.26 Å². The molecule has 0 saturated carbocycles.